The highest BCUT2D eigenvalue weighted by Crippen LogP contribution is 2.23. The first-order chi connectivity index (χ1) is 11.8. The zero-order chi connectivity index (χ0) is 16.6. The maximum Gasteiger partial charge on any atom is 0.323 e. The maximum atomic E-state index is 12.0. The molecule has 120 valence electrons. The lowest BCUT2D eigenvalue weighted by Crippen LogP contribution is -2.19. The topological polar surface area (TPSA) is 53.2 Å². The summed E-state index contributed by atoms with van der Waals surface area (Å²) in [5.74, 6) is 0. The molecular formula is C19H17N3OS. The van der Waals surface area contributed by atoms with Gasteiger partial charge in [-0.1, -0.05) is 42.5 Å². The van der Waals surface area contributed by atoms with Gasteiger partial charge in [0.1, 0.15) is 0 Å². The van der Waals surface area contributed by atoms with Gasteiger partial charge < -0.3 is 15.4 Å². The molecule has 0 saturated carbocycles. The number of para-hydroxylation sites is 1. The number of rotatable bonds is 5. The Morgan fingerprint density at radius 1 is 0.667 bits per heavy atom. The second-order valence-corrected chi connectivity index (χ2v) is 5.92. The molecule has 24 heavy (non-hydrogen) atoms. The molecule has 0 heterocycles. The Kier molecular flexibility index (Phi) is 5.37. The average Bonchev–Trinajstić information content (AvgIpc) is 2.62. The van der Waals surface area contributed by atoms with Crippen LogP contribution in [-0.2, 0) is 0 Å². The van der Waals surface area contributed by atoms with Crippen molar-refractivity contribution in [1.29, 1.82) is 0 Å². The molecule has 2 amide bonds. The van der Waals surface area contributed by atoms with Gasteiger partial charge in [-0.25, -0.2) is 4.79 Å². The number of carbonyl (C=O) groups is 1. The molecule has 0 atom stereocenters. The number of hydrogen-bond donors (Lipinski definition) is 3. The van der Waals surface area contributed by atoms with E-state index in [1.54, 1.807) is 0 Å². The molecule has 3 rings (SSSR count). The van der Waals surface area contributed by atoms with Crippen molar-refractivity contribution in [2.75, 3.05) is 15.4 Å². The first-order valence-corrected chi connectivity index (χ1v) is 8.32. The number of urea groups is 1. The monoisotopic (exact) mass is 335 g/mol. The van der Waals surface area contributed by atoms with Crippen molar-refractivity contribution < 1.29 is 4.79 Å². The molecule has 0 aliphatic carbocycles. The van der Waals surface area contributed by atoms with E-state index in [-0.39, 0.29) is 6.03 Å². The van der Waals surface area contributed by atoms with E-state index in [4.69, 9.17) is 0 Å². The normalized spacial score (nSPS) is 10.0. The van der Waals surface area contributed by atoms with Gasteiger partial charge in [0.25, 0.3) is 0 Å². The van der Waals surface area contributed by atoms with Crippen molar-refractivity contribution >= 4 is 35.0 Å². The third-order valence-corrected chi connectivity index (χ3v) is 4.03. The van der Waals surface area contributed by atoms with Gasteiger partial charge in [-0.3, -0.25) is 0 Å². The van der Waals surface area contributed by atoms with Gasteiger partial charge in [0.2, 0.25) is 0 Å². The SMILES string of the molecule is O=C(Nc1ccccc1)Nc1cccc(NSc2ccccc2)c1. The summed E-state index contributed by atoms with van der Waals surface area (Å²) in [6.07, 6.45) is 0. The standard InChI is InChI=1S/C19H17N3OS/c23-19(20-15-8-3-1-4-9-15)21-16-10-7-11-17(14-16)22-24-18-12-5-2-6-13-18/h1-14,22H,(H2,20,21,23). The molecule has 0 radical (unpaired) electrons. The Labute approximate surface area is 145 Å². The fraction of sp³-hybridized carbons (Fsp3) is 0. The highest BCUT2D eigenvalue weighted by molar-refractivity contribution is 8.00. The molecule has 0 spiro atoms. The molecular weight excluding hydrogens is 318 g/mol. The van der Waals surface area contributed by atoms with E-state index in [2.05, 4.69) is 15.4 Å². The largest absolute Gasteiger partial charge is 0.326 e. The summed E-state index contributed by atoms with van der Waals surface area (Å²) >= 11 is 1.53. The molecule has 0 fully saturated rings. The van der Waals surface area contributed by atoms with Crippen LogP contribution in [0.2, 0.25) is 0 Å². The zero-order valence-electron chi connectivity index (χ0n) is 12.9. The number of hydrogen-bond acceptors (Lipinski definition) is 3. The minimum absolute atomic E-state index is 0.269. The van der Waals surface area contributed by atoms with E-state index in [9.17, 15) is 4.79 Å². The number of amides is 2. The van der Waals surface area contributed by atoms with Crippen LogP contribution in [0.15, 0.2) is 89.8 Å². The molecule has 3 N–H and O–H groups in total. The number of nitrogens with one attached hydrogen (secondary N) is 3. The molecule has 3 aromatic rings. The van der Waals surface area contributed by atoms with Gasteiger partial charge in [0.05, 0.1) is 0 Å². The summed E-state index contributed by atoms with van der Waals surface area (Å²) in [5.41, 5.74) is 2.40. The highest BCUT2D eigenvalue weighted by Gasteiger charge is 2.03. The first kappa shape index (κ1) is 16.0. The Balaban J connectivity index is 1.57. The van der Waals surface area contributed by atoms with E-state index in [1.165, 1.54) is 11.9 Å². The van der Waals surface area contributed by atoms with Crippen LogP contribution >= 0.6 is 11.9 Å². The van der Waals surface area contributed by atoms with Crippen molar-refractivity contribution in [1.82, 2.24) is 0 Å². The molecule has 4 nitrogen and oxygen atoms in total. The van der Waals surface area contributed by atoms with Crippen LogP contribution in [0.25, 0.3) is 0 Å². The minimum Gasteiger partial charge on any atom is -0.326 e. The summed E-state index contributed by atoms with van der Waals surface area (Å²) in [4.78, 5) is 13.1. The molecule has 0 bridgehead atoms. The second kappa shape index (κ2) is 8.08. The van der Waals surface area contributed by atoms with Crippen molar-refractivity contribution in [2.45, 2.75) is 4.90 Å². The third-order valence-electron chi connectivity index (χ3n) is 3.18. The molecule has 0 unspecified atom stereocenters. The second-order valence-electron chi connectivity index (χ2n) is 5.04. The first-order valence-electron chi connectivity index (χ1n) is 7.51. The summed E-state index contributed by atoms with van der Waals surface area (Å²) < 4.78 is 3.27. The summed E-state index contributed by atoms with van der Waals surface area (Å²) in [6, 6.07) is 26.7. The zero-order valence-corrected chi connectivity index (χ0v) is 13.7. The van der Waals surface area contributed by atoms with E-state index >= 15 is 0 Å². The van der Waals surface area contributed by atoms with Crippen molar-refractivity contribution in [3.05, 3.63) is 84.9 Å². The summed E-state index contributed by atoms with van der Waals surface area (Å²) in [5, 5.41) is 5.62. The van der Waals surface area contributed by atoms with Crippen LogP contribution in [0.4, 0.5) is 21.9 Å². The van der Waals surface area contributed by atoms with Crippen LogP contribution in [0, 0.1) is 0 Å². The number of anilines is 3. The third kappa shape index (κ3) is 4.79. The van der Waals surface area contributed by atoms with E-state index < -0.39 is 0 Å². The molecule has 0 saturated heterocycles. The summed E-state index contributed by atoms with van der Waals surface area (Å²) in [7, 11) is 0. The Bertz CT molecular complexity index is 794. The maximum absolute atomic E-state index is 12.0. The fourth-order valence-corrected chi connectivity index (χ4v) is 2.74. The van der Waals surface area contributed by atoms with Gasteiger partial charge in [0.15, 0.2) is 0 Å². The van der Waals surface area contributed by atoms with Crippen LogP contribution in [0.5, 0.6) is 0 Å². The molecule has 0 aromatic heterocycles. The van der Waals surface area contributed by atoms with Crippen LogP contribution in [-0.4, -0.2) is 6.03 Å². The van der Waals surface area contributed by atoms with Gasteiger partial charge in [0, 0.05) is 22.0 Å². The average molecular weight is 335 g/mol. The highest BCUT2D eigenvalue weighted by atomic mass is 32.2. The lowest BCUT2D eigenvalue weighted by molar-refractivity contribution is 0.262. The van der Waals surface area contributed by atoms with Crippen LogP contribution in [0.3, 0.4) is 0 Å². The predicted molar refractivity (Wildman–Crippen MR) is 101 cm³/mol. The smallest absolute Gasteiger partial charge is 0.323 e. The Morgan fingerprint density at radius 3 is 2.00 bits per heavy atom. The minimum atomic E-state index is -0.269. The number of benzene rings is 3. The van der Waals surface area contributed by atoms with E-state index in [0.717, 1.165) is 22.0 Å². The van der Waals surface area contributed by atoms with Crippen LogP contribution in [0.1, 0.15) is 0 Å². The van der Waals surface area contributed by atoms with Crippen molar-refractivity contribution in [3.63, 3.8) is 0 Å². The van der Waals surface area contributed by atoms with Crippen molar-refractivity contribution in [3.8, 4) is 0 Å². The predicted octanol–water partition coefficient (Wildman–Crippen LogP) is 5.45. The van der Waals surface area contributed by atoms with Gasteiger partial charge in [-0.2, -0.15) is 0 Å². The van der Waals surface area contributed by atoms with Crippen molar-refractivity contribution in [2.24, 2.45) is 0 Å². The Hall–Kier alpha value is -2.92. The molecule has 3 aromatic carbocycles. The quantitative estimate of drug-likeness (QED) is 0.543. The molecule has 0 aliphatic heterocycles. The van der Waals surface area contributed by atoms with Gasteiger partial charge in [-0.05, 0) is 54.4 Å². The summed E-state index contributed by atoms with van der Waals surface area (Å²) in [6.45, 7) is 0. The molecule has 0 aliphatic rings. The number of carbonyl (C=O) groups excluding carboxylic acids is 1. The fourth-order valence-electron chi connectivity index (χ4n) is 2.08. The van der Waals surface area contributed by atoms with Gasteiger partial charge in [-0.15, -0.1) is 0 Å². The molecule has 5 heteroatoms. The Morgan fingerprint density at radius 2 is 1.25 bits per heavy atom. The van der Waals surface area contributed by atoms with Gasteiger partial charge >= 0.3 is 6.03 Å². The van der Waals surface area contributed by atoms with Crippen LogP contribution < -0.4 is 15.4 Å². The van der Waals surface area contributed by atoms with E-state index in [0.29, 0.717) is 0 Å². The lowest BCUT2D eigenvalue weighted by atomic mass is 10.3. The van der Waals surface area contributed by atoms with E-state index in [1.807, 2.05) is 84.9 Å². The lowest BCUT2D eigenvalue weighted by Gasteiger charge is -2.10.